The van der Waals surface area contributed by atoms with Gasteiger partial charge in [-0.15, -0.1) is 0 Å². The zero-order valence-corrected chi connectivity index (χ0v) is 23.5. The van der Waals surface area contributed by atoms with Crippen LogP contribution in [0.25, 0.3) is 11.0 Å². The second kappa shape index (κ2) is 10.6. The van der Waals surface area contributed by atoms with Crippen molar-refractivity contribution in [1.29, 1.82) is 0 Å². The Morgan fingerprint density at radius 1 is 1.18 bits per heavy atom. The lowest BCUT2D eigenvalue weighted by Crippen LogP contribution is -2.68. The SMILES string of the molecule is COc1ccc2c(CC(=O)NC3CCC(NC4(C)N=C(N(C)C)C5=CC=CCC5(C)N4)CC3)cc(=O)oc2c1. The molecular formula is C30H39N5O4. The fraction of sp³-hybridized carbons (Fsp3) is 0.500. The summed E-state index contributed by atoms with van der Waals surface area (Å²) in [5.74, 6) is 0.918. The number of nitrogens with zero attached hydrogens (tertiary/aromatic N) is 2. The van der Waals surface area contributed by atoms with Crippen LogP contribution in [0.4, 0.5) is 0 Å². The summed E-state index contributed by atoms with van der Waals surface area (Å²) < 4.78 is 10.5. The molecule has 39 heavy (non-hydrogen) atoms. The first-order chi connectivity index (χ1) is 18.6. The van der Waals surface area contributed by atoms with Crippen molar-refractivity contribution in [3.8, 4) is 5.75 Å². The minimum Gasteiger partial charge on any atom is -0.497 e. The molecule has 0 bridgehead atoms. The zero-order chi connectivity index (χ0) is 27.8. The average Bonchev–Trinajstić information content (AvgIpc) is 2.88. The third kappa shape index (κ3) is 5.79. The quantitative estimate of drug-likeness (QED) is 0.489. The van der Waals surface area contributed by atoms with E-state index in [4.69, 9.17) is 14.1 Å². The summed E-state index contributed by atoms with van der Waals surface area (Å²) in [4.78, 5) is 32.2. The second-order valence-electron chi connectivity index (χ2n) is 11.5. The summed E-state index contributed by atoms with van der Waals surface area (Å²) in [6, 6.07) is 7.08. The molecule has 9 heteroatoms. The molecule has 1 amide bonds. The highest BCUT2D eigenvalue weighted by molar-refractivity contribution is 6.01. The van der Waals surface area contributed by atoms with E-state index in [0.717, 1.165) is 43.3 Å². The van der Waals surface area contributed by atoms with Crippen molar-refractivity contribution in [2.75, 3.05) is 21.2 Å². The topological polar surface area (TPSA) is 108 Å². The van der Waals surface area contributed by atoms with Gasteiger partial charge in [-0.1, -0.05) is 18.2 Å². The Morgan fingerprint density at radius 2 is 1.92 bits per heavy atom. The minimum atomic E-state index is -0.588. The molecule has 3 aliphatic rings. The zero-order valence-electron chi connectivity index (χ0n) is 23.5. The summed E-state index contributed by atoms with van der Waals surface area (Å²) in [5, 5.41) is 11.5. The molecule has 0 radical (unpaired) electrons. The molecule has 208 valence electrons. The molecule has 2 aliphatic carbocycles. The maximum absolute atomic E-state index is 13.0. The lowest BCUT2D eigenvalue weighted by atomic mass is 9.81. The van der Waals surface area contributed by atoms with E-state index in [1.54, 1.807) is 19.2 Å². The minimum absolute atomic E-state index is 0.0899. The van der Waals surface area contributed by atoms with Gasteiger partial charge >= 0.3 is 5.63 Å². The summed E-state index contributed by atoms with van der Waals surface area (Å²) in [5.41, 5.74) is 1.62. The second-order valence-corrected chi connectivity index (χ2v) is 11.5. The number of nitrogens with one attached hydrogen (secondary N) is 3. The van der Waals surface area contributed by atoms with E-state index in [0.29, 0.717) is 16.9 Å². The molecule has 2 atom stereocenters. The van der Waals surface area contributed by atoms with Gasteiger partial charge in [-0.3, -0.25) is 15.4 Å². The number of hydrogen-bond acceptors (Lipinski definition) is 8. The fourth-order valence-corrected chi connectivity index (χ4v) is 6.16. The Labute approximate surface area is 229 Å². The van der Waals surface area contributed by atoms with Gasteiger partial charge in [-0.05, 0) is 63.6 Å². The van der Waals surface area contributed by atoms with Gasteiger partial charge in [0, 0.05) is 49.3 Å². The number of amides is 1. The predicted octanol–water partition coefficient (Wildman–Crippen LogP) is 3.24. The van der Waals surface area contributed by atoms with Crippen LogP contribution in [0.1, 0.15) is 51.5 Å². The Kier molecular flexibility index (Phi) is 7.39. The molecular weight excluding hydrogens is 494 g/mol. The molecule has 3 N–H and O–H groups in total. The number of amidine groups is 1. The fourth-order valence-electron chi connectivity index (χ4n) is 6.16. The number of likely N-dealkylation sites (N-methyl/N-ethyl adjacent to an activating group) is 1. The van der Waals surface area contributed by atoms with Crippen molar-refractivity contribution in [3.63, 3.8) is 0 Å². The third-order valence-electron chi connectivity index (χ3n) is 8.00. The normalized spacial score (nSPS) is 28.3. The number of carbonyl (C=O) groups excluding carboxylic acids is 1. The Morgan fingerprint density at radius 3 is 2.64 bits per heavy atom. The van der Waals surface area contributed by atoms with Crippen LogP contribution in [0.2, 0.25) is 0 Å². The summed E-state index contributed by atoms with van der Waals surface area (Å²) in [6.07, 6.45) is 11.1. The van der Waals surface area contributed by atoms with Gasteiger partial charge < -0.3 is 19.4 Å². The maximum atomic E-state index is 13.0. The summed E-state index contributed by atoms with van der Waals surface area (Å²) in [7, 11) is 5.64. The number of methoxy groups -OCH3 is 1. The van der Waals surface area contributed by atoms with Crippen LogP contribution in [0, 0.1) is 0 Å². The van der Waals surface area contributed by atoms with Gasteiger partial charge in [0.1, 0.15) is 17.2 Å². The number of hydrogen-bond donors (Lipinski definition) is 3. The monoisotopic (exact) mass is 533 g/mol. The number of aliphatic imine (C=N–C) groups is 1. The molecule has 0 spiro atoms. The first kappa shape index (κ1) is 27.1. The van der Waals surface area contributed by atoms with Crippen LogP contribution in [-0.2, 0) is 11.2 Å². The van der Waals surface area contributed by atoms with Gasteiger partial charge in [-0.2, -0.15) is 0 Å². The number of allylic oxidation sites excluding steroid dienone is 2. The first-order valence-electron chi connectivity index (χ1n) is 13.7. The van der Waals surface area contributed by atoms with Crippen LogP contribution >= 0.6 is 0 Å². The molecule has 1 aliphatic heterocycles. The standard InChI is InChI=1S/C30H39N5O4/c1-29-15-7-6-8-24(29)28(35(3)4)33-30(2,34-29)32-21-11-9-20(10-12-21)31-26(36)16-19-17-27(37)39-25-18-22(38-5)13-14-23(19)25/h6-8,13-14,17-18,20-21,32,34H,9-12,15-16H2,1-5H3,(H,31,36). The molecule has 1 saturated carbocycles. The number of carbonyl (C=O) groups is 1. The Bertz CT molecular complexity index is 1400. The van der Waals surface area contributed by atoms with Crippen LogP contribution in [-0.4, -0.2) is 61.3 Å². The van der Waals surface area contributed by atoms with E-state index in [-0.39, 0.29) is 30.0 Å². The number of fused-ring (bicyclic) bond motifs is 2. The Hall–Kier alpha value is -3.43. The summed E-state index contributed by atoms with van der Waals surface area (Å²) in [6.45, 7) is 4.35. The lowest BCUT2D eigenvalue weighted by molar-refractivity contribution is -0.121. The van der Waals surface area contributed by atoms with E-state index in [1.165, 1.54) is 11.6 Å². The smallest absolute Gasteiger partial charge is 0.336 e. The molecule has 1 fully saturated rings. The maximum Gasteiger partial charge on any atom is 0.336 e. The highest BCUT2D eigenvalue weighted by atomic mass is 16.5. The van der Waals surface area contributed by atoms with Gasteiger partial charge in [0.05, 0.1) is 19.1 Å². The van der Waals surface area contributed by atoms with Crippen molar-refractivity contribution in [2.45, 2.75) is 75.8 Å². The predicted molar refractivity (Wildman–Crippen MR) is 153 cm³/mol. The molecule has 0 saturated heterocycles. The van der Waals surface area contributed by atoms with E-state index < -0.39 is 11.4 Å². The molecule has 2 unspecified atom stereocenters. The van der Waals surface area contributed by atoms with Crippen LogP contribution in [0.15, 0.2) is 62.3 Å². The highest BCUT2D eigenvalue weighted by Gasteiger charge is 2.44. The van der Waals surface area contributed by atoms with Gasteiger partial charge in [0.15, 0.2) is 5.79 Å². The first-order valence-corrected chi connectivity index (χ1v) is 13.7. The van der Waals surface area contributed by atoms with Crippen LogP contribution in [0.5, 0.6) is 5.75 Å². The lowest BCUT2D eigenvalue weighted by Gasteiger charge is -2.49. The van der Waals surface area contributed by atoms with Crippen molar-refractivity contribution in [3.05, 3.63) is 64.1 Å². The van der Waals surface area contributed by atoms with Crippen molar-refractivity contribution in [2.24, 2.45) is 4.99 Å². The molecule has 1 aromatic heterocycles. The number of rotatable bonds is 6. The number of ether oxygens (including phenoxy) is 1. The van der Waals surface area contributed by atoms with Crippen LogP contribution < -0.4 is 26.3 Å². The van der Waals surface area contributed by atoms with Crippen molar-refractivity contribution < 1.29 is 13.9 Å². The van der Waals surface area contributed by atoms with E-state index in [9.17, 15) is 9.59 Å². The molecule has 2 aromatic rings. The third-order valence-corrected chi connectivity index (χ3v) is 8.00. The van der Waals surface area contributed by atoms with Crippen LogP contribution in [0.3, 0.4) is 0 Å². The molecule has 2 heterocycles. The molecule has 1 aromatic carbocycles. The highest BCUT2D eigenvalue weighted by Crippen LogP contribution is 2.34. The summed E-state index contributed by atoms with van der Waals surface area (Å²) >= 11 is 0. The van der Waals surface area contributed by atoms with E-state index in [2.05, 4.69) is 52.9 Å². The molecule has 5 rings (SSSR count). The molecule has 9 nitrogen and oxygen atoms in total. The Balaban J connectivity index is 1.20. The van der Waals surface area contributed by atoms with E-state index in [1.807, 2.05) is 20.2 Å². The van der Waals surface area contributed by atoms with Gasteiger partial charge in [0.2, 0.25) is 5.91 Å². The van der Waals surface area contributed by atoms with Gasteiger partial charge in [-0.25, -0.2) is 9.79 Å². The largest absolute Gasteiger partial charge is 0.497 e. The van der Waals surface area contributed by atoms with Crippen molar-refractivity contribution in [1.82, 2.24) is 20.9 Å². The van der Waals surface area contributed by atoms with Crippen molar-refractivity contribution >= 4 is 22.7 Å². The van der Waals surface area contributed by atoms with E-state index >= 15 is 0 Å². The average molecular weight is 534 g/mol. The van der Waals surface area contributed by atoms with Gasteiger partial charge in [0.25, 0.3) is 0 Å². The number of benzene rings is 1.